The Morgan fingerprint density at radius 2 is 1.65 bits per heavy atom. The number of nitrogens with one attached hydrogen (secondary N) is 1. The van der Waals surface area contributed by atoms with Crippen LogP contribution in [0.1, 0.15) is 43.6 Å². The van der Waals surface area contributed by atoms with Gasteiger partial charge in [0, 0.05) is 16.6 Å². The van der Waals surface area contributed by atoms with E-state index in [0.717, 1.165) is 41.7 Å². The highest BCUT2D eigenvalue weighted by Crippen LogP contribution is 2.66. The first-order valence-electron chi connectivity index (χ1n) is 8.32. The van der Waals surface area contributed by atoms with E-state index in [0.29, 0.717) is 0 Å². The molecule has 20 heavy (non-hydrogen) atoms. The van der Waals surface area contributed by atoms with Gasteiger partial charge in [-0.2, -0.15) is 0 Å². The van der Waals surface area contributed by atoms with Gasteiger partial charge >= 0.3 is 0 Å². The third kappa shape index (κ3) is 1.70. The van der Waals surface area contributed by atoms with Crippen LogP contribution in [0.3, 0.4) is 0 Å². The summed E-state index contributed by atoms with van der Waals surface area (Å²) in [5, 5.41) is 4.00. The van der Waals surface area contributed by atoms with Crippen LogP contribution >= 0.6 is 15.9 Å². The molecule has 4 fully saturated rings. The molecule has 0 saturated heterocycles. The fourth-order valence-corrected chi connectivity index (χ4v) is 6.24. The van der Waals surface area contributed by atoms with Crippen LogP contribution in [0.5, 0.6) is 0 Å². The average molecular weight is 332 g/mol. The summed E-state index contributed by atoms with van der Waals surface area (Å²) < 4.78 is 1.30. The van der Waals surface area contributed by atoms with Crippen molar-refractivity contribution in [2.24, 2.45) is 23.7 Å². The van der Waals surface area contributed by atoms with Crippen LogP contribution in [0.15, 0.2) is 28.7 Å². The zero-order valence-corrected chi connectivity index (χ0v) is 13.4. The largest absolute Gasteiger partial charge is 0.311 e. The number of benzene rings is 1. The molecule has 1 nitrogen and oxygen atoms in total. The summed E-state index contributed by atoms with van der Waals surface area (Å²) in [7, 11) is 0. The van der Waals surface area contributed by atoms with E-state index in [2.05, 4.69) is 45.5 Å². The predicted molar refractivity (Wildman–Crippen MR) is 84.6 cm³/mol. The van der Waals surface area contributed by atoms with Crippen LogP contribution < -0.4 is 5.32 Å². The van der Waals surface area contributed by atoms with Crippen LogP contribution in [0.2, 0.25) is 0 Å². The Labute approximate surface area is 129 Å². The molecular weight excluding hydrogens is 310 g/mol. The molecular formula is C18H22BrN. The summed E-state index contributed by atoms with van der Waals surface area (Å²) in [5.41, 5.74) is 1.52. The molecule has 1 aromatic carbocycles. The lowest BCUT2D eigenvalue weighted by Crippen LogP contribution is -2.43. The van der Waals surface area contributed by atoms with E-state index in [9.17, 15) is 0 Å². The van der Waals surface area contributed by atoms with Gasteiger partial charge in [-0.15, -0.1) is 0 Å². The van der Waals surface area contributed by atoms with Crippen molar-refractivity contribution in [3.8, 4) is 0 Å². The molecule has 4 aliphatic carbocycles. The molecule has 0 radical (unpaired) electrons. The molecule has 106 valence electrons. The first kappa shape index (κ1) is 12.2. The fourth-order valence-electron chi connectivity index (χ4n) is 5.63. The van der Waals surface area contributed by atoms with Crippen molar-refractivity contribution >= 4 is 15.9 Å². The molecule has 2 bridgehead atoms. The lowest BCUT2D eigenvalue weighted by molar-refractivity contribution is 0.271. The van der Waals surface area contributed by atoms with Gasteiger partial charge in [0.05, 0.1) is 0 Å². The highest BCUT2D eigenvalue weighted by molar-refractivity contribution is 9.10. The summed E-state index contributed by atoms with van der Waals surface area (Å²) >= 11 is 3.70. The van der Waals surface area contributed by atoms with Crippen molar-refractivity contribution in [1.29, 1.82) is 0 Å². The molecule has 4 atom stereocenters. The lowest BCUT2D eigenvalue weighted by Gasteiger charge is -2.37. The Morgan fingerprint density at radius 3 is 2.35 bits per heavy atom. The third-order valence-electron chi connectivity index (χ3n) is 6.65. The minimum atomic E-state index is 0.776. The van der Waals surface area contributed by atoms with E-state index in [-0.39, 0.29) is 0 Å². The number of halogens is 1. The lowest BCUT2D eigenvalue weighted by atomic mass is 9.75. The monoisotopic (exact) mass is 331 g/mol. The summed E-state index contributed by atoms with van der Waals surface area (Å²) in [5.74, 6) is 5.13. The van der Waals surface area contributed by atoms with Gasteiger partial charge < -0.3 is 5.32 Å². The van der Waals surface area contributed by atoms with Gasteiger partial charge in [-0.25, -0.2) is 0 Å². The molecule has 4 saturated carbocycles. The zero-order valence-electron chi connectivity index (χ0n) is 11.8. The minimum absolute atomic E-state index is 0.776. The van der Waals surface area contributed by atoms with Crippen molar-refractivity contribution < 1.29 is 0 Å². The Hall–Kier alpha value is -0.340. The van der Waals surface area contributed by atoms with Gasteiger partial charge in [-0.1, -0.05) is 34.1 Å². The quantitative estimate of drug-likeness (QED) is 0.869. The highest BCUT2D eigenvalue weighted by Gasteiger charge is 2.65. The summed E-state index contributed by atoms with van der Waals surface area (Å²) in [6, 6.07) is 10.5. The molecule has 4 aliphatic rings. The first-order chi connectivity index (χ1) is 9.81. The van der Waals surface area contributed by atoms with Crippen LogP contribution in [-0.2, 0) is 0 Å². The molecule has 2 heteroatoms. The summed E-state index contributed by atoms with van der Waals surface area (Å²) in [6.45, 7) is 0. The molecule has 0 aliphatic heterocycles. The standard InChI is InChI=1S/C18H22BrN/c19-15-4-2-1-3-14(15)12-8-13(9-12)20-18-16-10-5-6-11(7-10)17(16)18/h1-4,10-13,16-18,20H,5-9H2. The molecule has 0 amide bonds. The van der Waals surface area contributed by atoms with Gasteiger partial charge in [-0.3, -0.25) is 0 Å². The van der Waals surface area contributed by atoms with Crippen molar-refractivity contribution in [3.05, 3.63) is 34.3 Å². The smallest absolute Gasteiger partial charge is 0.0210 e. The fraction of sp³-hybridized carbons (Fsp3) is 0.667. The molecule has 4 unspecified atom stereocenters. The van der Waals surface area contributed by atoms with Crippen molar-refractivity contribution in [2.45, 2.75) is 50.1 Å². The van der Waals surface area contributed by atoms with Crippen molar-refractivity contribution in [2.75, 3.05) is 0 Å². The summed E-state index contributed by atoms with van der Waals surface area (Å²) in [6.07, 6.45) is 7.32. The normalized spacial score (nSPS) is 48.0. The van der Waals surface area contributed by atoms with E-state index < -0.39 is 0 Å². The first-order valence-corrected chi connectivity index (χ1v) is 9.11. The van der Waals surface area contributed by atoms with Gasteiger partial charge in [0.15, 0.2) is 0 Å². The van der Waals surface area contributed by atoms with Crippen LogP contribution in [0, 0.1) is 23.7 Å². The molecule has 0 heterocycles. The molecule has 0 aromatic heterocycles. The summed E-state index contributed by atoms with van der Waals surface area (Å²) in [4.78, 5) is 0. The van der Waals surface area contributed by atoms with Crippen LogP contribution in [0.25, 0.3) is 0 Å². The van der Waals surface area contributed by atoms with Gasteiger partial charge in [-0.05, 0) is 73.3 Å². The number of hydrogen-bond acceptors (Lipinski definition) is 1. The van der Waals surface area contributed by atoms with E-state index in [1.807, 2.05) is 0 Å². The van der Waals surface area contributed by atoms with E-state index in [1.165, 1.54) is 35.7 Å². The second kappa shape index (κ2) is 4.33. The second-order valence-corrected chi connectivity index (χ2v) is 8.42. The SMILES string of the molecule is Brc1ccccc1C1CC(NC2C3C4CCC(C4)C23)C1. The maximum absolute atomic E-state index is 4.00. The average Bonchev–Trinajstić information content (AvgIpc) is 2.79. The number of rotatable bonds is 3. The Morgan fingerprint density at radius 1 is 0.950 bits per heavy atom. The molecule has 1 N–H and O–H groups in total. The molecule has 5 rings (SSSR count). The molecule has 1 aromatic rings. The Balaban J connectivity index is 1.19. The van der Waals surface area contributed by atoms with Gasteiger partial charge in [0.25, 0.3) is 0 Å². The predicted octanol–water partition coefficient (Wildman–Crippen LogP) is 4.33. The maximum atomic E-state index is 4.00. The molecule has 0 spiro atoms. The second-order valence-electron chi connectivity index (χ2n) is 7.57. The van der Waals surface area contributed by atoms with Gasteiger partial charge in [0.2, 0.25) is 0 Å². The minimum Gasteiger partial charge on any atom is -0.311 e. The van der Waals surface area contributed by atoms with Crippen molar-refractivity contribution in [3.63, 3.8) is 0 Å². The topological polar surface area (TPSA) is 12.0 Å². The number of fused-ring (bicyclic) bond motifs is 5. The number of hydrogen-bond donors (Lipinski definition) is 1. The van der Waals surface area contributed by atoms with E-state index >= 15 is 0 Å². The maximum Gasteiger partial charge on any atom is 0.0210 e. The van der Waals surface area contributed by atoms with Gasteiger partial charge in [0.1, 0.15) is 0 Å². The van der Waals surface area contributed by atoms with Crippen LogP contribution in [-0.4, -0.2) is 12.1 Å². The highest BCUT2D eigenvalue weighted by atomic mass is 79.9. The van der Waals surface area contributed by atoms with E-state index in [1.54, 1.807) is 6.42 Å². The van der Waals surface area contributed by atoms with E-state index in [4.69, 9.17) is 0 Å². The zero-order chi connectivity index (χ0) is 13.3. The Bertz CT molecular complexity index is 520. The van der Waals surface area contributed by atoms with Crippen molar-refractivity contribution in [1.82, 2.24) is 5.32 Å². The Kier molecular flexibility index (Phi) is 2.65. The third-order valence-corrected chi connectivity index (χ3v) is 7.37. The van der Waals surface area contributed by atoms with Crippen LogP contribution in [0.4, 0.5) is 0 Å².